The van der Waals surface area contributed by atoms with Gasteiger partial charge in [-0.15, -0.1) is 11.8 Å². The third kappa shape index (κ3) is 6.93. The summed E-state index contributed by atoms with van der Waals surface area (Å²) in [5.41, 5.74) is 1.20. The Hall–Kier alpha value is -1.65. The number of halogens is 1. The van der Waals surface area contributed by atoms with Crippen molar-refractivity contribution in [2.45, 2.75) is 37.5 Å². The van der Waals surface area contributed by atoms with E-state index in [9.17, 15) is 4.79 Å². The maximum absolute atomic E-state index is 11.9. The lowest BCUT2D eigenvalue weighted by molar-refractivity contribution is -0.120. The summed E-state index contributed by atoms with van der Waals surface area (Å²) < 4.78 is 5.87. The van der Waals surface area contributed by atoms with Gasteiger partial charge in [0, 0.05) is 22.1 Å². The smallest absolute Gasteiger partial charge is 0.220 e. The molecule has 0 atom stereocenters. The molecule has 1 N–H and O–H groups in total. The van der Waals surface area contributed by atoms with Crippen molar-refractivity contribution in [3.05, 3.63) is 59.1 Å². The van der Waals surface area contributed by atoms with Crippen LogP contribution in [0.25, 0.3) is 0 Å². The molecule has 0 heterocycles. The van der Waals surface area contributed by atoms with Crippen LogP contribution in [-0.4, -0.2) is 24.8 Å². The number of carbonyl (C=O) groups is 1. The molecule has 0 unspecified atom stereocenters. The zero-order valence-electron chi connectivity index (χ0n) is 15.5. The van der Waals surface area contributed by atoms with Crippen molar-refractivity contribution in [1.82, 2.24) is 5.32 Å². The van der Waals surface area contributed by atoms with E-state index in [4.69, 9.17) is 16.3 Å². The topological polar surface area (TPSA) is 38.3 Å². The minimum Gasteiger partial charge on any atom is -0.491 e. The molecule has 2 aromatic rings. The van der Waals surface area contributed by atoms with Gasteiger partial charge in [-0.3, -0.25) is 4.79 Å². The average molecular weight is 392 g/mol. The molecular formula is C21H26ClNO2S. The monoisotopic (exact) mass is 391 g/mol. The molecule has 5 heteroatoms. The summed E-state index contributed by atoms with van der Waals surface area (Å²) in [5.74, 6) is 1.66. The van der Waals surface area contributed by atoms with Gasteiger partial charge in [-0.25, -0.2) is 0 Å². The highest BCUT2D eigenvalue weighted by Crippen LogP contribution is 2.30. The van der Waals surface area contributed by atoms with Crippen LogP contribution in [0.4, 0.5) is 0 Å². The van der Waals surface area contributed by atoms with Crippen LogP contribution in [0.15, 0.2) is 53.4 Å². The number of nitrogens with one attached hydrogen (secondary N) is 1. The first-order valence-electron chi connectivity index (χ1n) is 8.73. The lowest BCUT2D eigenvalue weighted by Gasteiger charge is -2.22. The molecule has 2 aromatic carbocycles. The van der Waals surface area contributed by atoms with Crippen molar-refractivity contribution in [1.29, 1.82) is 0 Å². The summed E-state index contributed by atoms with van der Waals surface area (Å²) in [6.45, 7) is 7.45. The highest BCUT2D eigenvalue weighted by molar-refractivity contribution is 7.99. The van der Waals surface area contributed by atoms with Crippen molar-refractivity contribution in [3.8, 4) is 5.75 Å². The Morgan fingerprint density at radius 1 is 1.12 bits per heavy atom. The largest absolute Gasteiger partial charge is 0.491 e. The number of carbonyl (C=O) groups excluding carboxylic acids is 1. The number of thioether (sulfide) groups is 1. The Bertz CT molecular complexity index is 711. The van der Waals surface area contributed by atoms with Crippen molar-refractivity contribution in [3.63, 3.8) is 0 Å². The van der Waals surface area contributed by atoms with Gasteiger partial charge in [-0.05, 0) is 41.3 Å². The van der Waals surface area contributed by atoms with Crippen LogP contribution in [0.1, 0.15) is 32.8 Å². The first-order valence-corrected chi connectivity index (χ1v) is 10.1. The highest BCUT2D eigenvalue weighted by atomic mass is 35.5. The van der Waals surface area contributed by atoms with Crippen molar-refractivity contribution in [2.75, 3.05) is 18.9 Å². The minimum atomic E-state index is 0.0265. The van der Waals surface area contributed by atoms with E-state index in [1.807, 2.05) is 42.5 Å². The van der Waals surface area contributed by atoms with E-state index in [1.54, 1.807) is 11.8 Å². The summed E-state index contributed by atoms with van der Waals surface area (Å²) >= 11 is 7.51. The minimum absolute atomic E-state index is 0.0265. The standard InChI is InChI=1S/C21H26ClNO2S/c1-21(2,3)18-6-4-5-7-19(18)25-14-13-23-20(24)12-15-26-17-10-8-16(22)9-11-17/h4-11H,12-15H2,1-3H3,(H,23,24). The van der Waals surface area contributed by atoms with Crippen molar-refractivity contribution >= 4 is 29.3 Å². The zero-order chi connectivity index (χ0) is 19.0. The number of benzene rings is 2. The van der Waals surface area contributed by atoms with Gasteiger partial charge < -0.3 is 10.1 Å². The van der Waals surface area contributed by atoms with Crippen LogP contribution in [-0.2, 0) is 10.2 Å². The molecule has 2 rings (SSSR count). The Labute approximate surface area is 165 Å². The molecule has 26 heavy (non-hydrogen) atoms. The number of amides is 1. The normalized spacial score (nSPS) is 11.2. The van der Waals surface area contributed by atoms with Crippen LogP contribution in [0.5, 0.6) is 5.75 Å². The van der Waals surface area contributed by atoms with E-state index < -0.39 is 0 Å². The molecular weight excluding hydrogens is 366 g/mol. The van der Waals surface area contributed by atoms with E-state index in [1.165, 1.54) is 5.56 Å². The quantitative estimate of drug-likeness (QED) is 0.489. The maximum atomic E-state index is 11.9. The molecule has 0 aliphatic carbocycles. The summed E-state index contributed by atoms with van der Waals surface area (Å²) in [4.78, 5) is 13.0. The van der Waals surface area contributed by atoms with E-state index >= 15 is 0 Å². The van der Waals surface area contributed by atoms with Crippen LogP contribution in [0, 0.1) is 0 Å². The van der Waals surface area contributed by atoms with Crippen LogP contribution >= 0.6 is 23.4 Å². The van der Waals surface area contributed by atoms with E-state index in [2.05, 4.69) is 32.2 Å². The Morgan fingerprint density at radius 2 is 1.81 bits per heavy atom. The predicted octanol–water partition coefficient (Wildman–Crippen LogP) is 5.31. The van der Waals surface area contributed by atoms with E-state index in [0.717, 1.165) is 21.4 Å². The van der Waals surface area contributed by atoms with Gasteiger partial charge in [0.05, 0.1) is 6.54 Å². The molecule has 0 aliphatic rings. The SMILES string of the molecule is CC(C)(C)c1ccccc1OCCNC(=O)CCSc1ccc(Cl)cc1. The second-order valence-corrected chi connectivity index (χ2v) is 8.60. The number of para-hydroxylation sites is 1. The van der Waals surface area contributed by atoms with Gasteiger partial charge in [0.2, 0.25) is 5.91 Å². The lowest BCUT2D eigenvalue weighted by Crippen LogP contribution is -2.28. The maximum Gasteiger partial charge on any atom is 0.220 e. The average Bonchev–Trinajstić information content (AvgIpc) is 2.60. The fraction of sp³-hybridized carbons (Fsp3) is 0.381. The van der Waals surface area contributed by atoms with Gasteiger partial charge >= 0.3 is 0 Å². The molecule has 0 saturated carbocycles. The fourth-order valence-corrected chi connectivity index (χ4v) is 3.42. The second-order valence-electron chi connectivity index (χ2n) is 7.00. The van der Waals surface area contributed by atoms with Crippen molar-refractivity contribution in [2.24, 2.45) is 0 Å². The van der Waals surface area contributed by atoms with Gasteiger partial charge in [0.1, 0.15) is 12.4 Å². The van der Waals surface area contributed by atoms with E-state index in [0.29, 0.717) is 19.6 Å². The first kappa shape index (κ1) is 20.7. The predicted molar refractivity (Wildman–Crippen MR) is 110 cm³/mol. The molecule has 140 valence electrons. The van der Waals surface area contributed by atoms with Gasteiger partial charge in [0.25, 0.3) is 0 Å². The number of rotatable bonds is 8. The molecule has 1 amide bonds. The van der Waals surface area contributed by atoms with Gasteiger partial charge in [0.15, 0.2) is 0 Å². The molecule has 0 aromatic heterocycles. The fourth-order valence-electron chi connectivity index (χ4n) is 2.44. The Morgan fingerprint density at radius 3 is 2.50 bits per heavy atom. The highest BCUT2D eigenvalue weighted by Gasteiger charge is 2.18. The number of hydrogen-bond donors (Lipinski definition) is 1. The third-order valence-electron chi connectivity index (χ3n) is 3.79. The summed E-state index contributed by atoms with van der Waals surface area (Å²) in [6, 6.07) is 15.7. The molecule has 0 bridgehead atoms. The molecule has 0 radical (unpaired) electrons. The van der Waals surface area contributed by atoms with E-state index in [-0.39, 0.29) is 11.3 Å². The molecule has 0 aliphatic heterocycles. The Kier molecular flexibility index (Phi) is 7.85. The van der Waals surface area contributed by atoms with Crippen LogP contribution in [0.3, 0.4) is 0 Å². The molecule has 0 spiro atoms. The third-order valence-corrected chi connectivity index (χ3v) is 5.05. The first-order chi connectivity index (χ1) is 12.4. The number of ether oxygens (including phenoxy) is 1. The van der Waals surface area contributed by atoms with Gasteiger partial charge in [-0.1, -0.05) is 50.6 Å². The second kappa shape index (κ2) is 9.89. The summed E-state index contributed by atoms with van der Waals surface area (Å²) in [7, 11) is 0. The zero-order valence-corrected chi connectivity index (χ0v) is 17.1. The summed E-state index contributed by atoms with van der Waals surface area (Å²) in [6.07, 6.45) is 0.478. The molecule has 0 fully saturated rings. The lowest BCUT2D eigenvalue weighted by atomic mass is 9.86. The van der Waals surface area contributed by atoms with Crippen molar-refractivity contribution < 1.29 is 9.53 Å². The van der Waals surface area contributed by atoms with Crippen LogP contribution in [0.2, 0.25) is 5.02 Å². The van der Waals surface area contributed by atoms with Gasteiger partial charge in [-0.2, -0.15) is 0 Å². The van der Waals surface area contributed by atoms with Crippen LogP contribution < -0.4 is 10.1 Å². The Balaban J connectivity index is 1.67. The summed E-state index contributed by atoms with van der Waals surface area (Å²) in [5, 5.41) is 3.63. The molecule has 3 nitrogen and oxygen atoms in total. The molecule has 0 saturated heterocycles. The number of hydrogen-bond acceptors (Lipinski definition) is 3.